The van der Waals surface area contributed by atoms with Gasteiger partial charge in [-0.05, 0) is 35.7 Å². The van der Waals surface area contributed by atoms with Gasteiger partial charge in [0, 0.05) is 32.5 Å². The molecule has 0 unspecified atom stereocenters. The first-order chi connectivity index (χ1) is 16.3. The van der Waals surface area contributed by atoms with Crippen LogP contribution in [0.1, 0.15) is 0 Å². The number of aromatic nitrogens is 3. The Morgan fingerprint density at radius 1 is 0.727 bits per heavy atom. The fourth-order valence-corrected chi connectivity index (χ4v) is 5.01. The molecule has 0 amide bonds. The first-order valence-electron chi connectivity index (χ1n) is 10.6. The van der Waals surface area contributed by atoms with E-state index < -0.39 is 0 Å². The summed E-state index contributed by atoms with van der Waals surface area (Å²) in [5.74, 6) is 1.42. The third-order valence-corrected chi connectivity index (χ3v) is 6.79. The summed E-state index contributed by atoms with van der Waals surface area (Å²) in [7, 11) is 1.66. The number of nitrogens with zero attached hydrogens (tertiary/aromatic N) is 3. The van der Waals surface area contributed by atoms with Crippen molar-refractivity contribution in [2.24, 2.45) is 0 Å². The number of ether oxygens (including phenoxy) is 1. The molecule has 0 fully saturated rings. The number of pyridine rings is 1. The summed E-state index contributed by atoms with van der Waals surface area (Å²) in [6.07, 6.45) is 1.92. The Balaban J connectivity index is 1.58. The van der Waals surface area contributed by atoms with Crippen LogP contribution in [0.5, 0.6) is 5.75 Å². The number of methoxy groups -OCH3 is 1. The van der Waals surface area contributed by atoms with E-state index in [0.717, 1.165) is 39.2 Å². The summed E-state index contributed by atoms with van der Waals surface area (Å²) >= 11 is 1.77. The number of thiophene rings is 1. The van der Waals surface area contributed by atoms with E-state index in [0.29, 0.717) is 5.82 Å². The first kappa shape index (κ1) is 19.6. The molecule has 0 spiro atoms. The van der Waals surface area contributed by atoms with Gasteiger partial charge in [0.2, 0.25) is 0 Å². The maximum absolute atomic E-state index is 5.42. The summed E-state index contributed by atoms with van der Waals surface area (Å²) in [5.41, 5.74) is 5.39. The highest BCUT2D eigenvalue weighted by atomic mass is 32.1. The molecule has 4 nitrogen and oxygen atoms in total. The Labute approximate surface area is 195 Å². The highest BCUT2D eigenvalue weighted by molar-refractivity contribution is 7.22. The largest absolute Gasteiger partial charge is 0.497 e. The van der Waals surface area contributed by atoms with Crippen molar-refractivity contribution in [2.45, 2.75) is 0 Å². The average Bonchev–Trinajstić information content (AvgIpc) is 3.33. The standard InChI is InChI=1S/C28H19N3OS/c1-32-22-12-7-11-20(14-22)28-30-23-15-21(25-16-19-10-5-6-13-24(19)33-25)17-29-27(23)26(31-28)18-8-3-2-4-9-18/h2-17H,1H3. The van der Waals surface area contributed by atoms with Crippen LogP contribution in [0, 0.1) is 0 Å². The summed E-state index contributed by atoms with van der Waals surface area (Å²) in [6, 6.07) is 30.7. The minimum atomic E-state index is 0.649. The molecule has 0 bridgehead atoms. The summed E-state index contributed by atoms with van der Waals surface area (Å²) < 4.78 is 6.68. The zero-order valence-electron chi connectivity index (χ0n) is 17.9. The van der Waals surface area contributed by atoms with Crippen molar-refractivity contribution in [3.8, 4) is 38.8 Å². The number of hydrogen-bond acceptors (Lipinski definition) is 5. The molecular formula is C28H19N3OS. The highest BCUT2D eigenvalue weighted by Gasteiger charge is 2.15. The van der Waals surface area contributed by atoms with E-state index >= 15 is 0 Å². The molecule has 5 heteroatoms. The Morgan fingerprint density at radius 2 is 1.55 bits per heavy atom. The van der Waals surface area contributed by atoms with Gasteiger partial charge in [-0.25, -0.2) is 9.97 Å². The van der Waals surface area contributed by atoms with Crippen LogP contribution >= 0.6 is 11.3 Å². The zero-order chi connectivity index (χ0) is 22.2. The van der Waals surface area contributed by atoms with Crippen molar-refractivity contribution in [3.05, 3.63) is 97.2 Å². The predicted octanol–water partition coefficient (Wildman–Crippen LogP) is 7.25. The molecule has 0 aliphatic rings. The molecule has 158 valence electrons. The quantitative estimate of drug-likeness (QED) is 0.287. The van der Waals surface area contributed by atoms with Gasteiger partial charge in [0.05, 0.1) is 12.6 Å². The molecule has 0 aliphatic heterocycles. The first-order valence-corrected chi connectivity index (χ1v) is 11.5. The van der Waals surface area contributed by atoms with Gasteiger partial charge in [0.25, 0.3) is 0 Å². The second kappa shape index (κ2) is 8.11. The van der Waals surface area contributed by atoms with Crippen molar-refractivity contribution in [3.63, 3.8) is 0 Å². The molecule has 0 N–H and O–H groups in total. The lowest BCUT2D eigenvalue weighted by molar-refractivity contribution is 0.415. The van der Waals surface area contributed by atoms with Crippen LogP contribution in [-0.4, -0.2) is 22.1 Å². The lowest BCUT2D eigenvalue weighted by atomic mass is 10.1. The van der Waals surface area contributed by atoms with Crippen molar-refractivity contribution in [2.75, 3.05) is 7.11 Å². The molecule has 3 aromatic heterocycles. The van der Waals surface area contributed by atoms with Crippen molar-refractivity contribution < 1.29 is 4.74 Å². The molecule has 0 saturated carbocycles. The molecule has 6 aromatic rings. The third kappa shape index (κ3) is 3.62. The van der Waals surface area contributed by atoms with E-state index in [4.69, 9.17) is 19.7 Å². The summed E-state index contributed by atoms with van der Waals surface area (Å²) in [6.45, 7) is 0. The summed E-state index contributed by atoms with van der Waals surface area (Å²) in [4.78, 5) is 15.9. The molecule has 0 atom stereocenters. The average molecular weight is 446 g/mol. The van der Waals surface area contributed by atoms with E-state index in [1.165, 1.54) is 15.0 Å². The Bertz CT molecular complexity index is 1580. The Hall–Kier alpha value is -4.09. The third-order valence-electron chi connectivity index (χ3n) is 5.62. The second-order valence-corrected chi connectivity index (χ2v) is 8.82. The van der Waals surface area contributed by atoms with Gasteiger partial charge in [-0.15, -0.1) is 11.3 Å². The van der Waals surface area contributed by atoms with Gasteiger partial charge >= 0.3 is 0 Å². The predicted molar refractivity (Wildman–Crippen MR) is 136 cm³/mol. The maximum Gasteiger partial charge on any atom is 0.160 e. The van der Waals surface area contributed by atoms with Crippen molar-refractivity contribution >= 4 is 32.5 Å². The van der Waals surface area contributed by atoms with Crippen LogP contribution < -0.4 is 4.74 Å². The molecule has 6 rings (SSSR count). The summed E-state index contributed by atoms with van der Waals surface area (Å²) in [5, 5.41) is 1.24. The van der Waals surface area contributed by atoms with Crippen molar-refractivity contribution in [1.82, 2.24) is 15.0 Å². The molecule has 3 heterocycles. The number of rotatable bonds is 4. The van der Waals surface area contributed by atoms with Crippen LogP contribution in [0.4, 0.5) is 0 Å². The van der Waals surface area contributed by atoms with Gasteiger partial charge < -0.3 is 4.74 Å². The molecule has 33 heavy (non-hydrogen) atoms. The lowest BCUT2D eigenvalue weighted by Crippen LogP contribution is -1.97. The van der Waals surface area contributed by atoms with E-state index in [2.05, 4.69) is 48.5 Å². The minimum absolute atomic E-state index is 0.649. The SMILES string of the molecule is COc1cccc(-c2nc(-c3ccccc3)c3ncc(-c4cc5ccccc5s4)cc3n2)c1. The number of benzene rings is 3. The Kier molecular flexibility index (Phi) is 4.82. The fraction of sp³-hybridized carbons (Fsp3) is 0.0357. The van der Waals surface area contributed by atoms with Crippen LogP contribution in [-0.2, 0) is 0 Å². The molecule has 0 saturated heterocycles. The fourth-order valence-electron chi connectivity index (χ4n) is 3.97. The molecule has 3 aromatic carbocycles. The normalized spacial score (nSPS) is 11.2. The van der Waals surface area contributed by atoms with E-state index in [-0.39, 0.29) is 0 Å². The van der Waals surface area contributed by atoms with E-state index in [1.54, 1.807) is 18.4 Å². The number of hydrogen-bond donors (Lipinski definition) is 0. The zero-order valence-corrected chi connectivity index (χ0v) is 18.7. The van der Waals surface area contributed by atoms with Crippen LogP contribution in [0.25, 0.3) is 54.2 Å². The smallest absolute Gasteiger partial charge is 0.160 e. The maximum atomic E-state index is 5.42. The van der Waals surface area contributed by atoms with Gasteiger partial charge in [-0.2, -0.15) is 0 Å². The van der Waals surface area contributed by atoms with Crippen LogP contribution in [0.2, 0.25) is 0 Å². The van der Waals surface area contributed by atoms with Gasteiger partial charge in [-0.1, -0.05) is 60.7 Å². The van der Waals surface area contributed by atoms with Gasteiger partial charge in [0.1, 0.15) is 17.0 Å². The highest BCUT2D eigenvalue weighted by Crippen LogP contribution is 2.36. The minimum Gasteiger partial charge on any atom is -0.497 e. The van der Waals surface area contributed by atoms with E-state index in [1.807, 2.05) is 48.7 Å². The molecule has 0 radical (unpaired) electrons. The van der Waals surface area contributed by atoms with E-state index in [9.17, 15) is 0 Å². The molecular weight excluding hydrogens is 426 g/mol. The van der Waals surface area contributed by atoms with Crippen molar-refractivity contribution in [1.29, 1.82) is 0 Å². The topological polar surface area (TPSA) is 47.9 Å². The van der Waals surface area contributed by atoms with Crippen LogP contribution in [0.15, 0.2) is 97.2 Å². The Morgan fingerprint density at radius 3 is 2.39 bits per heavy atom. The monoisotopic (exact) mass is 445 g/mol. The van der Waals surface area contributed by atoms with Gasteiger partial charge in [0.15, 0.2) is 5.82 Å². The molecule has 0 aliphatic carbocycles. The second-order valence-electron chi connectivity index (χ2n) is 7.73. The lowest BCUT2D eigenvalue weighted by Gasteiger charge is -2.10. The van der Waals surface area contributed by atoms with Crippen LogP contribution in [0.3, 0.4) is 0 Å². The number of fused-ring (bicyclic) bond motifs is 2. The van der Waals surface area contributed by atoms with Gasteiger partial charge in [-0.3, -0.25) is 4.98 Å².